The smallest absolute Gasteiger partial charge is 0.265 e. The minimum absolute atomic E-state index is 0.0590. The lowest BCUT2D eigenvalue weighted by molar-refractivity contribution is -0.138. The fraction of sp³-hybridized carbons (Fsp3) is 0.400. The van der Waals surface area contributed by atoms with Crippen LogP contribution in [0, 0.1) is 19.3 Å². The van der Waals surface area contributed by atoms with E-state index in [1.165, 1.54) is 17.7 Å². The number of alkyl halides is 2. The number of benzene rings is 1. The normalized spacial score (nSPS) is 21.7. The number of aryl methyl sites for hydroxylation is 2. The number of fused-ring (bicyclic) bond motifs is 2. The molecule has 1 aromatic carbocycles. The van der Waals surface area contributed by atoms with Crippen molar-refractivity contribution < 1.29 is 23.5 Å². The Hall–Kier alpha value is -3.84. The number of rotatable bonds is 7. The quantitative estimate of drug-likeness (QED) is 0.260. The lowest BCUT2D eigenvalue weighted by Gasteiger charge is -2.27. The number of piperidine rings is 1. The van der Waals surface area contributed by atoms with Gasteiger partial charge in [0.25, 0.3) is 6.43 Å². The summed E-state index contributed by atoms with van der Waals surface area (Å²) in [6, 6.07) is 5.69. The Labute approximate surface area is 254 Å². The Kier molecular flexibility index (Phi) is 7.28. The van der Waals surface area contributed by atoms with Crippen LogP contribution in [0.1, 0.15) is 61.9 Å². The molecule has 13 heteroatoms. The highest BCUT2D eigenvalue weighted by atomic mass is 79.9. The second-order valence-electron chi connectivity index (χ2n) is 11.7. The number of likely N-dealkylation sites (tertiary alicyclic amines) is 1. The molecule has 224 valence electrons. The van der Waals surface area contributed by atoms with Crippen molar-refractivity contribution >= 4 is 44.5 Å². The zero-order valence-electron chi connectivity index (χ0n) is 24.0. The van der Waals surface area contributed by atoms with Gasteiger partial charge in [0.1, 0.15) is 28.8 Å². The molecule has 2 fully saturated rings. The van der Waals surface area contributed by atoms with Gasteiger partial charge in [-0.3, -0.25) is 14.3 Å². The third-order valence-electron chi connectivity index (χ3n) is 8.46. The highest BCUT2D eigenvalue weighted by Gasteiger charge is 2.64. The van der Waals surface area contributed by atoms with Crippen molar-refractivity contribution in [2.24, 2.45) is 5.41 Å². The van der Waals surface area contributed by atoms with E-state index in [-0.39, 0.29) is 40.7 Å². The minimum Gasteiger partial charge on any atom is -0.387 e. The molecule has 1 aliphatic heterocycles. The van der Waals surface area contributed by atoms with E-state index in [0.717, 1.165) is 12.0 Å². The number of aromatic nitrogens is 5. The zero-order chi connectivity index (χ0) is 30.8. The SMILES string of the molecule is Cc1ncc(-c2cc(C(F)F)c3c(c2)c(C(C)O)nn3CC(=O)N2C3C[C@]3(C)C[C@H]2C(=O)Nc2nc(Br)ccc2C)cn1. The maximum Gasteiger partial charge on any atom is 0.265 e. The Morgan fingerprint density at radius 3 is 2.56 bits per heavy atom. The van der Waals surface area contributed by atoms with Crippen LogP contribution in [-0.2, 0) is 16.1 Å². The van der Waals surface area contributed by atoms with E-state index < -0.39 is 24.5 Å². The van der Waals surface area contributed by atoms with Crippen LogP contribution < -0.4 is 5.32 Å². The van der Waals surface area contributed by atoms with Gasteiger partial charge in [-0.05, 0) is 84.3 Å². The molecule has 10 nitrogen and oxygen atoms in total. The van der Waals surface area contributed by atoms with E-state index in [2.05, 4.69) is 41.3 Å². The lowest BCUT2D eigenvalue weighted by atomic mass is 10.00. The van der Waals surface area contributed by atoms with Crippen molar-refractivity contribution in [2.45, 2.75) is 71.7 Å². The van der Waals surface area contributed by atoms with Crippen LogP contribution in [0.25, 0.3) is 22.0 Å². The van der Waals surface area contributed by atoms with E-state index in [4.69, 9.17) is 0 Å². The number of anilines is 1. The van der Waals surface area contributed by atoms with Crippen molar-refractivity contribution in [1.82, 2.24) is 29.6 Å². The number of aliphatic hydroxyl groups excluding tert-OH is 1. The van der Waals surface area contributed by atoms with Gasteiger partial charge in [0.15, 0.2) is 0 Å². The minimum atomic E-state index is -2.89. The van der Waals surface area contributed by atoms with Crippen molar-refractivity contribution in [3.8, 4) is 11.1 Å². The first kappa shape index (κ1) is 29.2. The summed E-state index contributed by atoms with van der Waals surface area (Å²) < 4.78 is 30.9. The monoisotopic (exact) mass is 653 g/mol. The summed E-state index contributed by atoms with van der Waals surface area (Å²) in [5.74, 6) is 0.166. The lowest BCUT2D eigenvalue weighted by Crippen LogP contribution is -2.47. The van der Waals surface area contributed by atoms with Crippen LogP contribution in [0.2, 0.25) is 0 Å². The molecule has 1 saturated heterocycles. The molecule has 4 heterocycles. The number of amides is 2. The van der Waals surface area contributed by atoms with Crippen molar-refractivity contribution in [3.63, 3.8) is 0 Å². The van der Waals surface area contributed by atoms with Gasteiger partial charge in [-0.25, -0.2) is 23.7 Å². The summed E-state index contributed by atoms with van der Waals surface area (Å²) in [5, 5.41) is 18.2. The fourth-order valence-electron chi connectivity index (χ4n) is 6.07. The van der Waals surface area contributed by atoms with Crippen molar-refractivity contribution in [1.29, 1.82) is 0 Å². The van der Waals surface area contributed by atoms with E-state index in [9.17, 15) is 23.5 Å². The molecule has 4 aromatic rings. The molecule has 2 amide bonds. The molecule has 2 aliphatic rings. The molecule has 1 aliphatic carbocycles. The Morgan fingerprint density at radius 2 is 1.88 bits per heavy atom. The van der Waals surface area contributed by atoms with E-state index in [0.29, 0.717) is 39.2 Å². The number of nitrogens with zero attached hydrogens (tertiary/aromatic N) is 6. The van der Waals surface area contributed by atoms with Gasteiger partial charge in [0.05, 0.1) is 17.3 Å². The third kappa shape index (κ3) is 5.29. The number of halogens is 3. The number of hydrogen-bond donors (Lipinski definition) is 2. The predicted molar refractivity (Wildman–Crippen MR) is 158 cm³/mol. The number of nitrogens with one attached hydrogen (secondary N) is 1. The number of pyridine rings is 1. The van der Waals surface area contributed by atoms with Gasteiger partial charge in [-0.2, -0.15) is 5.10 Å². The molecule has 2 unspecified atom stereocenters. The van der Waals surface area contributed by atoms with Gasteiger partial charge in [-0.15, -0.1) is 0 Å². The van der Waals surface area contributed by atoms with Crippen LogP contribution in [0.4, 0.5) is 14.6 Å². The van der Waals surface area contributed by atoms with Crippen LogP contribution >= 0.6 is 15.9 Å². The second kappa shape index (κ2) is 10.7. The molecule has 6 rings (SSSR count). The number of carbonyl (C=O) groups is 2. The van der Waals surface area contributed by atoms with Gasteiger partial charge in [0, 0.05) is 34.9 Å². The van der Waals surface area contributed by atoms with Crippen LogP contribution in [0.5, 0.6) is 0 Å². The fourth-order valence-corrected chi connectivity index (χ4v) is 6.38. The average molecular weight is 655 g/mol. The highest BCUT2D eigenvalue weighted by molar-refractivity contribution is 9.10. The first-order chi connectivity index (χ1) is 20.4. The standard InChI is InChI=1S/C30H30BrF2N7O3/c1-14-5-6-23(31)36-28(14)37-29(43)21-9-30(4)10-22(30)40(21)24(42)13-39-26-19(25(38-39)15(2)41)7-17(8-20(26)27(32)33)18-11-34-16(3)35-12-18/h5-8,11-12,15,21-22,27,41H,9-10,13H2,1-4H3,(H,36,37,43)/t15?,21-,22?,30-/m0/s1. The number of carbonyl (C=O) groups excluding carboxylic acids is 2. The summed E-state index contributed by atoms with van der Waals surface area (Å²) in [6.07, 6.45) is 0.340. The van der Waals surface area contributed by atoms with Crippen LogP contribution in [0.15, 0.2) is 41.3 Å². The maximum absolute atomic E-state index is 14.5. The van der Waals surface area contributed by atoms with E-state index in [1.807, 2.05) is 19.9 Å². The number of aliphatic hydroxyl groups is 1. The van der Waals surface area contributed by atoms with Crippen LogP contribution in [0.3, 0.4) is 0 Å². The molecule has 1 saturated carbocycles. The zero-order valence-corrected chi connectivity index (χ0v) is 25.6. The van der Waals surface area contributed by atoms with Crippen molar-refractivity contribution in [3.05, 3.63) is 63.9 Å². The summed E-state index contributed by atoms with van der Waals surface area (Å²) in [7, 11) is 0. The van der Waals surface area contributed by atoms with E-state index >= 15 is 0 Å². The molecular weight excluding hydrogens is 624 g/mol. The van der Waals surface area contributed by atoms with Gasteiger partial charge >= 0.3 is 0 Å². The molecule has 0 bridgehead atoms. The van der Waals surface area contributed by atoms with Gasteiger partial charge in [-0.1, -0.05) is 13.0 Å². The summed E-state index contributed by atoms with van der Waals surface area (Å²) >= 11 is 3.32. The first-order valence-corrected chi connectivity index (χ1v) is 14.7. The molecule has 4 atom stereocenters. The topological polar surface area (TPSA) is 126 Å². The third-order valence-corrected chi connectivity index (χ3v) is 8.90. The van der Waals surface area contributed by atoms with E-state index in [1.54, 1.807) is 36.4 Å². The largest absolute Gasteiger partial charge is 0.387 e. The average Bonchev–Trinajstić information content (AvgIpc) is 3.31. The molecule has 0 radical (unpaired) electrons. The first-order valence-electron chi connectivity index (χ1n) is 13.9. The van der Waals surface area contributed by atoms with Crippen molar-refractivity contribution in [2.75, 3.05) is 5.32 Å². The maximum atomic E-state index is 14.5. The molecular formula is C30H30BrF2N7O3. The Bertz CT molecular complexity index is 1760. The second-order valence-corrected chi connectivity index (χ2v) is 12.5. The molecule has 2 N–H and O–H groups in total. The summed E-state index contributed by atoms with van der Waals surface area (Å²) in [5.41, 5.74) is 1.44. The summed E-state index contributed by atoms with van der Waals surface area (Å²) in [6.45, 7) is 6.70. The molecule has 43 heavy (non-hydrogen) atoms. The highest BCUT2D eigenvalue weighted by Crippen LogP contribution is 2.59. The molecule has 0 spiro atoms. The Balaban J connectivity index is 1.36. The Morgan fingerprint density at radius 1 is 1.16 bits per heavy atom. The van der Waals surface area contributed by atoms with Gasteiger partial charge in [0.2, 0.25) is 11.8 Å². The van der Waals surface area contributed by atoms with Crippen LogP contribution in [-0.4, -0.2) is 58.6 Å². The van der Waals surface area contributed by atoms with Gasteiger partial charge < -0.3 is 15.3 Å². The molecule has 3 aromatic heterocycles. The number of hydrogen-bond acceptors (Lipinski definition) is 7. The summed E-state index contributed by atoms with van der Waals surface area (Å²) in [4.78, 5) is 41.6. The predicted octanol–water partition coefficient (Wildman–Crippen LogP) is 5.28.